The Balaban J connectivity index is 6.86. The van der Waals surface area contributed by atoms with Crippen molar-refractivity contribution in [3.8, 4) is 0 Å². The smallest absolute Gasteiger partial charge is 0.246 e. The minimum absolute atomic E-state index is 0.0536. The van der Waals surface area contributed by atoms with E-state index in [2.05, 4.69) is 10.6 Å². The molecule has 3 N–H and O–H groups in total. The number of nitrogens with one attached hydrogen (secondary N) is 2. The fraction of sp³-hybridized carbons (Fsp3) is 0.795. The Morgan fingerprint density at radius 1 is 0.698 bits per heavy atom. The predicted molar refractivity (Wildman–Crippen MR) is 209 cm³/mol. The quantitative estimate of drug-likeness (QED) is 0.142. The number of aliphatic hydroxyl groups excluding tert-OH is 1. The SMILES string of the molecule is C/C=C/CC(C)[C@@H](O)C(C(=O)N[C@@H](CC)C(=O)N(C)CC(=O)NC)N(C)C(=O)[C@H](C(C)C)N(C)C(=O)[C@H](CC(C)C)N(C)C(=O)[C@H](CC(C)C)N(C)C. The average Bonchev–Trinajstić information content (AvgIpc) is 3.08. The van der Waals surface area contributed by atoms with Crippen molar-refractivity contribution in [2.24, 2.45) is 23.7 Å². The Morgan fingerprint density at radius 2 is 1.19 bits per heavy atom. The van der Waals surface area contributed by atoms with Crippen LogP contribution < -0.4 is 10.6 Å². The third kappa shape index (κ3) is 14.7. The molecule has 0 fully saturated rings. The van der Waals surface area contributed by atoms with E-state index in [-0.39, 0.29) is 36.6 Å². The maximum Gasteiger partial charge on any atom is 0.246 e. The van der Waals surface area contributed by atoms with Gasteiger partial charge in [-0.3, -0.25) is 33.7 Å². The van der Waals surface area contributed by atoms with Crippen LogP contribution in [0.25, 0.3) is 0 Å². The first-order chi connectivity index (χ1) is 24.5. The number of hydrogen-bond donors (Lipinski definition) is 3. The second kappa shape index (κ2) is 23.3. The highest BCUT2D eigenvalue weighted by Crippen LogP contribution is 2.24. The van der Waals surface area contributed by atoms with Crippen LogP contribution in [-0.4, -0.2) is 157 Å². The number of rotatable bonds is 22. The van der Waals surface area contributed by atoms with E-state index >= 15 is 0 Å². The molecule has 0 aromatic carbocycles. The van der Waals surface area contributed by atoms with Gasteiger partial charge in [0, 0.05) is 35.2 Å². The molecule has 2 unspecified atom stereocenters. The van der Waals surface area contributed by atoms with Gasteiger partial charge in [0.15, 0.2) is 0 Å². The normalized spacial score (nSPS) is 15.8. The fourth-order valence-electron chi connectivity index (χ4n) is 6.45. The van der Waals surface area contributed by atoms with Gasteiger partial charge in [0.2, 0.25) is 35.4 Å². The van der Waals surface area contributed by atoms with E-state index in [1.165, 1.54) is 47.8 Å². The van der Waals surface area contributed by atoms with E-state index in [1.54, 1.807) is 34.7 Å². The molecule has 0 saturated heterocycles. The average molecular weight is 752 g/mol. The number of hydrogen-bond acceptors (Lipinski definition) is 8. The highest BCUT2D eigenvalue weighted by Gasteiger charge is 2.44. The molecule has 6 amide bonds. The molecule has 0 radical (unpaired) electrons. The monoisotopic (exact) mass is 752 g/mol. The molecule has 14 heteroatoms. The largest absolute Gasteiger partial charge is 0.390 e. The molecule has 0 aromatic heterocycles. The summed E-state index contributed by atoms with van der Waals surface area (Å²) in [5.41, 5.74) is 0. The Bertz CT molecular complexity index is 1240. The lowest BCUT2D eigenvalue weighted by Gasteiger charge is -2.41. The first kappa shape index (κ1) is 49.5. The zero-order chi connectivity index (χ0) is 41.5. The molecule has 0 aliphatic carbocycles. The van der Waals surface area contributed by atoms with Crippen molar-refractivity contribution in [1.29, 1.82) is 0 Å². The molecule has 0 heterocycles. The number of amides is 6. The van der Waals surface area contributed by atoms with Gasteiger partial charge in [-0.05, 0) is 70.4 Å². The van der Waals surface area contributed by atoms with Gasteiger partial charge in [-0.25, -0.2) is 0 Å². The summed E-state index contributed by atoms with van der Waals surface area (Å²) in [5, 5.41) is 16.9. The molecular formula is C39H73N7O7. The lowest BCUT2D eigenvalue weighted by atomic mass is 9.91. The molecule has 0 bridgehead atoms. The Kier molecular flexibility index (Phi) is 21.8. The highest BCUT2D eigenvalue weighted by molar-refractivity contribution is 5.96. The van der Waals surface area contributed by atoms with E-state index in [1.807, 2.05) is 65.8 Å². The van der Waals surface area contributed by atoms with Crippen LogP contribution in [0.4, 0.5) is 0 Å². The minimum atomic E-state index is -1.42. The molecule has 306 valence electrons. The summed E-state index contributed by atoms with van der Waals surface area (Å²) in [4.78, 5) is 89.3. The molecular weight excluding hydrogens is 678 g/mol. The lowest BCUT2D eigenvalue weighted by Crippen LogP contribution is -2.63. The summed E-state index contributed by atoms with van der Waals surface area (Å²) in [6.07, 6.45) is 3.94. The van der Waals surface area contributed by atoms with Crippen LogP contribution in [0.3, 0.4) is 0 Å². The molecule has 14 nitrogen and oxygen atoms in total. The third-order valence-corrected chi connectivity index (χ3v) is 9.79. The number of aliphatic hydroxyl groups is 1. The van der Waals surface area contributed by atoms with Gasteiger partial charge >= 0.3 is 0 Å². The number of carbonyl (C=O) groups is 6. The topological polar surface area (TPSA) is 163 Å². The van der Waals surface area contributed by atoms with Gasteiger partial charge in [-0.2, -0.15) is 0 Å². The lowest BCUT2D eigenvalue weighted by molar-refractivity contribution is -0.156. The minimum Gasteiger partial charge on any atom is -0.390 e. The van der Waals surface area contributed by atoms with Crippen molar-refractivity contribution in [2.75, 3.05) is 55.9 Å². The molecule has 7 atom stereocenters. The van der Waals surface area contributed by atoms with E-state index in [0.717, 1.165) is 0 Å². The van der Waals surface area contributed by atoms with Crippen LogP contribution in [0.2, 0.25) is 0 Å². The maximum atomic E-state index is 14.6. The number of carbonyl (C=O) groups excluding carboxylic acids is 6. The summed E-state index contributed by atoms with van der Waals surface area (Å²) in [6.45, 7) is 16.7. The van der Waals surface area contributed by atoms with Gasteiger partial charge < -0.3 is 35.3 Å². The summed E-state index contributed by atoms with van der Waals surface area (Å²) in [7, 11) is 11.2. The number of nitrogens with zero attached hydrogens (tertiary/aromatic N) is 5. The fourth-order valence-corrected chi connectivity index (χ4v) is 6.45. The van der Waals surface area contributed by atoms with Gasteiger partial charge in [-0.15, -0.1) is 0 Å². The molecule has 0 spiro atoms. The van der Waals surface area contributed by atoms with Crippen LogP contribution in [-0.2, 0) is 28.8 Å². The first-order valence-corrected chi connectivity index (χ1v) is 19.0. The number of likely N-dealkylation sites (N-methyl/N-ethyl adjacent to an activating group) is 6. The van der Waals surface area contributed by atoms with Gasteiger partial charge in [-0.1, -0.05) is 67.5 Å². The zero-order valence-corrected chi connectivity index (χ0v) is 35.6. The second-order valence-corrected chi connectivity index (χ2v) is 15.8. The van der Waals surface area contributed by atoms with Crippen molar-refractivity contribution in [1.82, 2.24) is 35.1 Å². The van der Waals surface area contributed by atoms with E-state index in [4.69, 9.17) is 0 Å². The van der Waals surface area contributed by atoms with Crippen molar-refractivity contribution in [3.63, 3.8) is 0 Å². The molecule has 0 saturated carbocycles. The zero-order valence-electron chi connectivity index (χ0n) is 35.6. The van der Waals surface area contributed by atoms with E-state index in [9.17, 15) is 33.9 Å². The second-order valence-electron chi connectivity index (χ2n) is 15.8. The van der Waals surface area contributed by atoms with Gasteiger partial charge in [0.25, 0.3) is 0 Å². The third-order valence-electron chi connectivity index (χ3n) is 9.79. The van der Waals surface area contributed by atoms with E-state index in [0.29, 0.717) is 19.3 Å². The highest BCUT2D eigenvalue weighted by atomic mass is 16.3. The standard InChI is InChI=1S/C39H73N7O7/c1-17-19-20-27(9)34(48)33(35(49)41-28(18-2)36(50)43(13)23-31(47)40-10)46(16)39(53)32(26(7)8)45(15)38(52)30(22-25(5)6)44(14)37(51)29(42(11)12)21-24(3)4/h17,19,24-30,32-34,48H,18,20-23H2,1-16H3,(H,40,47)(H,41,49)/b19-17+/t27?,28-,29-,30-,32-,33?,34+/m0/s1. The van der Waals surface area contributed by atoms with Crippen LogP contribution in [0.1, 0.15) is 88.0 Å². The van der Waals surface area contributed by atoms with Crippen molar-refractivity contribution >= 4 is 35.4 Å². The summed E-state index contributed by atoms with van der Waals surface area (Å²) < 4.78 is 0. The molecule has 0 aromatic rings. The summed E-state index contributed by atoms with van der Waals surface area (Å²) >= 11 is 0. The summed E-state index contributed by atoms with van der Waals surface area (Å²) in [6, 6.07) is -4.80. The van der Waals surface area contributed by atoms with E-state index < -0.39 is 71.8 Å². The molecule has 53 heavy (non-hydrogen) atoms. The van der Waals surface area contributed by atoms with Crippen molar-refractivity contribution in [3.05, 3.63) is 12.2 Å². The van der Waals surface area contributed by atoms with Crippen LogP contribution >= 0.6 is 0 Å². The Hall–Kier alpha value is -3.52. The molecule has 0 aliphatic heterocycles. The van der Waals surface area contributed by atoms with Crippen LogP contribution in [0.5, 0.6) is 0 Å². The summed E-state index contributed by atoms with van der Waals surface area (Å²) in [5.74, 6) is -3.37. The number of allylic oxidation sites excluding steroid dienone is 2. The molecule has 0 rings (SSSR count). The Labute approximate surface area is 320 Å². The first-order valence-electron chi connectivity index (χ1n) is 19.0. The van der Waals surface area contributed by atoms with Gasteiger partial charge in [0.05, 0.1) is 18.7 Å². The van der Waals surface area contributed by atoms with Crippen LogP contribution in [0.15, 0.2) is 12.2 Å². The van der Waals surface area contributed by atoms with Gasteiger partial charge in [0.1, 0.15) is 24.2 Å². The van der Waals surface area contributed by atoms with Crippen molar-refractivity contribution in [2.45, 2.75) is 124 Å². The molecule has 0 aliphatic rings. The Morgan fingerprint density at radius 3 is 1.62 bits per heavy atom. The van der Waals surface area contributed by atoms with Crippen LogP contribution in [0, 0.1) is 23.7 Å². The maximum absolute atomic E-state index is 14.6. The predicted octanol–water partition coefficient (Wildman–Crippen LogP) is 2.21. The van der Waals surface area contributed by atoms with Crippen molar-refractivity contribution < 1.29 is 33.9 Å².